The van der Waals surface area contributed by atoms with Crippen molar-refractivity contribution in [2.45, 2.75) is 64.7 Å². The lowest BCUT2D eigenvalue weighted by Crippen LogP contribution is -2.48. The SMILES string of the molecule is CC(=O)O[C@@]1(C)C(=O)OC[C@H]2CCN3CC[C@@H](OC(=O)C=C(C)C[C@H]1C)[C@@H]23. The molecule has 3 aliphatic heterocycles. The Hall–Kier alpha value is -1.89. The molecular weight excluding hydrogens is 350 g/mol. The first-order chi connectivity index (χ1) is 12.7. The summed E-state index contributed by atoms with van der Waals surface area (Å²) in [5.41, 5.74) is -0.623. The maximum Gasteiger partial charge on any atom is 0.350 e. The minimum atomic E-state index is -1.40. The Morgan fingerprint density at radius 3 is 2.70 bits per heavy atom. The second kappa shape index (κ2) is 7.62. The van der Waals surface area contributed by atoms with Crippen LogP contribution < -0.4 is 0 Å². The molecule has 0 amide bonds. The first kappa shape index (κ1) is 19.9. The van der Waals surface area contributed by atoms with Crippen molar-refractivity contribution >= 4 is 17.9 Å². The van der Waals surface area contributed by atoms with Crippen LogP contribution in [-0.4, -0.2) is 60.3 Å². The van der Waals surface area contributed by atoms with Gasteiger partial charge in [-0.05, 0) is 39.7 Å². The molecule has 7 heteroatoms. The second-order valence-corrected chi connectivity index (χ2v) is 8.23. The molecule has 0 unspecified atom stereocenters. The van der Waals surface area contributed by atoms with Crippen LogP contribution in [0.4, 0.5) is 0 Å². The van der Waals surface area contributed by atoms with Gasteiger partial charge in [0.05, 0.1) is 12.6 Å². The third-order valence-corrected chi connectivity index (χ3v) is 6.16. The first-order valence-electron chi connectivity index (χ1n) is 9.69. The predicted molar refractivity (Wildman–Crippen MR) is 96.6 cm³/mol. The van der Waals surface area contributed by atoms with E-state index in [0.29, 0.717) is 6.42 Å². The maximum atomic E-state index is 12.9. The van der Waals surface area contributed by atoms with Gasteiger partial charge in [-0.15, -0.1) is 0 Å². The summed E-state index contributed by atoms with van der Waals surface area (Å²) < 4.78 is 16.8. The number of cyclic esters (lactones) is 1. The molecule has 27 heavy (non-hydrogen) atoms. The van der Waals surface area contributed by atoms with Crippen LogP contribution in [0, 0.1) is 11.8 Å². The average Bonchev–Trinajstić information content (AvgIpc) is 3.14. The highest BCUT2D eigenvalue weighted by molar-refractivity contribution is 5.84. The number of carbonyl (C=O) groups is 3. The molecule has 0 N–H and O–H groups in total. The van der Waals surface area contributed by atoms with Gasteiger partial charge in [0, 0.05) is 31.4 Å². The first-order valence-corrected chi connectivity index (χ1v) is 9.69. The van der Waals surface area contributed by atoms with Crippen LogP contribution in [0.5, 0.6) is 0 Å². The fraction of sp³-hybridized carbons (Fsp3) is 0.750. The summed E-state index contributed by atoms with van der Waals surface area (Å²) in [5.74, 6) is -1.65. The molecule has 0 aromatic rings. The zero-order valence-electron chi connectivity index (χ0n) is 16.5. The molecule has 0 aliphatic carbocycles. The van der Waals surface area contributed by atoms with Gasteiger partial charge >= 0.3 is 17.9 Å². The van der Waals surface area contributed by atoms with Gasteiger partial charge in [0.25, 0.3) is 0 Å². The lowest BCUT2D eigenvalue weighted by molar-refractivity contribution is -0.186. The van der Waals surface area contributed by atoms with Crippen molar-refractivity contribution in [3.63, 3.8) is 0 Å². The number of carbonyl (C=O) groups excluding carboxylic acids is 3. The summed E-state index contributed by atoms with van der Waals surface area (Å²) in [6, 6.07) is 0.0774. The minimum absolute atomic E-state index is 0.0774. The van der Waals surface area contributed by atoms with Crippen molar-refractivity contribution in [2.75, 3.05) is 19.7 Å². The molecule has 7 nitrogen and oxygen atoms in total. The van der Waals surface area contributed by atoms with E-state index in [0.717, 1.165) is 31.5 Å². The van der Waals surface area contributed by atoms with E-state index in [1.807, 2.05) is 13.8 Å². The third-order valence-electron chi connectivity index (χ3n) is 6.16. The highest BCUT2D eigenvalue weighted by Gasteiger charge is 2.48. The largest absolute Gasteiger partial charge is 0.462 e. The number of esters is 3. The van der Waals surface area contributed by atoms with E-state index in [-0.39, 0.29) is 36.6 Å². The number of nitrogens with zero attached hydrogens (tertiary/aromatic N) is 1. The molecule has 3 rings (SSSR count). The zero-order chi connectivity index (χ0) is 19.8. The number of rotatable bonds is 1. The summed E-state index contributed by atoms with van der Waals surface area (Å²) >= 11 is 0. The van der Waals surface area contributed by atoms with E-state index in [1.54, 1.807) is 6.92 Å². The zero-order valence-corrected chi connectivity index (χ0v) is 16.5. The number of hydrogen-bond donors (Lipinski definition) is 0. The summed E-state index contributed by atoms with van der Waals surface area (Å²) in [6.07, 6.45) is 3.42. The fourth-order valence-corrected chi connectivity index (χ4v) is 4.61. The summed E-state index contributed by atoms with van der Waals surface area (Å²) in [5, 5.41) is 0. The Labute approximate surface area is 160 Å². The van der Waals surface area contributed by atoms with Crippen molar-refractivity contribution in [2.24, 2.45) is 11.8 Å². The third kappa shape index (κ3) is 4.03. The lowest BCUT2D eigenvalue weighted by Gasteiger charge is -2.33. The molecule has 0 aromatic heterocycles. The van der Waals surface area contributed by atoms with Crippen LogP contribution in [0.3, 0.4) is 0 Å². The van der Waals surface area contributed by atoms with E-state index in [2.05, 4.69) is 4.90 Å². The van der Waals surface area contributed by atoms with Gasteiger partial charge in [-0.3, -0.25) is 9.69 Å². The van der Waals surface area contributed by atoms with Gasteiger partial charge < -0.3 is 14.2 Å². The van der Waals surface area contributed by atoms with Gasteiger partial charge in [0.15, 0.2) is 0 Å². The molecule has 0 bridgehead atoms. The molecule has 0 radical (unpaired) electrons. The van der Waals surface area contributed by atoms with Gasteiger partial charge in [-0.2, -0.15) is 0 Å². The highest BCUT2D eigenvalue weighted by Crippen LogP contribution is 2.36. The van der Waals surface area contributed by atoms with Gasteiger partial charge in [0.1, 0.15) is 6.10 Å². The maximum absolute atomic E-state index is 12.9. The summed E-state index contributed by atoms with van der Waals surface area (Å²) in [4.78, 5) is 39.2. The topological polar surface area (TPSA) is 82.1 Å². The van der Waals surface area contributed by atoms with Crippen LogP contribution in [-0.2, 0) is 28.6 Å². The van der Waals surface area contributed by atoms with Crippen molar-refractivity contribution in [3.05, 3.63) is 11.6 Å². The summed E-state index contributed by atoms with van der Waals surface area (Å²) in [7, 11) is 0. The summed E-state index contributed by atoms with van der Waals surface area (Å²) in [6.45, 7) is 8.54. The second-order valence-electron chi connectivity index (χ2n) is 8.23. The quantitative estimate of drug-likeness (QED) is 0.508. The van der Waals surface area contributed by atoms with Gasteiger partial charge in [-0.1, -0.05) is 12.5 Å². The van der Waals surface area contributed by atoms with E-state index < -0.39 is 17.5 Å². The molecule has 2 saturated heterocycles. The molecule has 0 aromatic carbocycles. The number of allylic oxidation sites excluding steroid dienone is 1. The van der Waals surface area contributed by atoms with Crippen molar-refractivity contribution in [1.29, 1.82) is 0 Å². The highest BCUT2D eigenvalue weighted by atomic mass is 16.6. The van der Waals surface area contributed by atoms with Gasteiger partial charge in [-0.25, -0.2) is 9.59 Å². The van der Waals surface area contributed by atoms with Crippen molar-refractivity contribution in [3.8, 4) is 0 Å². The molecule has 0 saturated carbocycles. The minimum Gasteiger partial charge on any atom is -0.462 e. The molecule has 3 heterocycles. The molecule has 5 atom stereocenters. The van der Waals surface area contributed by atoms with Crippen molar-refractivity contribution < 1.29 is 28.6 Å². The average molecular weight is 379 g/mol. The smallest absolute Gasteiger partial charge is 0.350 e. The molecule has 150 valence electrons. The predicted octanol–water partition coefficient (Wildman–Crippen LogP) is 1.84. The fourth-order valence-electron chi connectivity index (χ4n) is 4.61. The Bertz CT molecular complexity index is 659. The number of hydrogen-bond acceptors (Lipinski definition) is 7. The Kier molecular flexibility index (Phi) is 5.60. The monoisotopic (exact) mass is 379 g/mol. The Morgan fingerprint density at radius 1 is 1.30 bits per heavy atom. The Balaban J connectivity index is 1.90. The van der Waals surface area contributed by atoms with Crippen LogP contribution in [0.25, 0.3) is 0 Å². The van der Waals surface area contributed by atoms with E-state index >= 15 is 0 Å². The van der Waals surface area contributed by atoms with Crippen LogP contribution in [0.15, 0.2) is 11.6 Å². The molecule has 0 spiro atoms. The Morgan fingerprint density at radius 2 is 2.00 bits per heavy atom. The van der Waals surface area contributed by atoms with Crippen molar-refractivity contribution in [1.82, 2.24) is 4.90 Å². The number of ether oxygens (including phenoxy) is 3. The van der Waals surface area contributed by atoms with Gasteiger partial charge in [0.2, 0.25) is 5.60 Å². The van der Waals surface area contributed by atoms with E-state index in [9.17, 15) is 14.4 Å². The van der Waals surface area contributed by atoms with Crippen LogP contribution >= 0.6 is 0 Å². The van der Waals surface area contributed by atoms with E-state index in [4.69, 9.17) is 14.2 Å². The molecular formula is C20H29NO6. The van der Waals surface area contributed by atoms with Crippen LogP contribution in [0.1, 0.15) is 47.0 Å². The molecule has 2 fully saturated rings. The van der Waals surface area contributed by atoms with Crippen LogP contribution in [0.2, 0.25) is 0 Å². The lowest BCUT2D eigenvalue weighted by atomic mass is 9.85. The van der Waals surface area contributed by atoms with E-state index in [1.165, 1.54) is 13.0 Å². The normalized spacial score (nSPS) is 37.9. The standard InChI is InChI=1S/C20H29NO6/c1-12-9-13(2)20(4,27-14(3)22)19(24)25-11-15-5-7-21-8-6-16(18(15)21)26-17(23)10-12/h10,13,15-16,18H,5-9,11H2,1-4H3/t13-,15-,16-,18-,20-/m1/s1. The molecule has 3 aliphatic rings.